The molecule has 0 radical (unpaired) electrons. The Morgan fingerprint density at radius 2 is 1.87 bits per heavy atom. The van der Waals surface area contributed by atoms with Crippen LogP contribution in [0.25, 0.3) is 0 Å². The van der Waals surface area contributed by atoms with Crippen LogP contribution >= 0.6 is 35.0 Å². The van der Waals surface area contributed by atoms with Crippen LogP contribution < -0.4 is 5.73 Å². The number of H-pyrrole nitrogens is 1. The molecule has 1 atom stereocenters. The number of rotatable bonds is 9. The van der Waals surface area contributed by atoms with Gasteiger partial charge in [0.2, 0.25) is 0 Å². The van der Waals surface area contributed by atoms with E-state index in [1.165, 1.54) is 11.8 Å². The Labute approximate surface area is 195 Å². The van der Waals surface area contributed by atoms with Crippen molar-refractivity contribution in [1.29, 1.82) is 0 Å². The van der Waals surface area contributed by atoms with Crippen LogP contribution in [0.3, 0.4) is 0 Å². The summed E-state index contributed by atoms with van der Waals surface area (Å²) in [6.07, 6.45) is 4.06. The number of aromatic nitrogens is 3. The second kappa shape index (κ2) is 10.9. The third-order valence-electron chi connectivity index (χ3n) is 4.64. The Morgan fingerprint density at radius 3 is 2.48 bits per heavy atom. The monoisotopic (exact) mass is 478 g/mol. The van der Waals surface area contributed by atoms with Gasteiger partial charge in [-0.15, -0.1) is 0 Å². The van der Waals surface area contributed by atoms with Crippen molar-refractivity contribution in [3.05, 3.63) is 69.9 Å². The van der Waals surface area contributed by atoms with Gasteiger partial charge in [0, 0.05) is 39.7 Å². The highest BCUT2D eigenvalue weighted by molar-refractivity contribution is 7.99. The molecule has 1 unspecified atom stereocenters. The van der Waals surface area contributed by atoms with E-state index in [0.29, 0.717) is 28.8 Å². The lowest BCUT2D eigenvalue weighted by molar-refractivity contribution is 0.155. The lowest BCUT2D eigenvalue weighted by Crippen LogP contribution is -2.14. The number of aromatic amines is 1. The van der Waals surface area contributed by atoms with Crippen molar-refractivity contribution in [1.82, 2.24) is 15.0 Å². The molecule has 1 amide bonds. The van der Waals surface area contributed by atoms with Crippen LogP contribution in [-0.2, 0) is 11.2 Å². The molecular formula is C22H24Cl2N4O2S. The Bertz CT molecular complexity index is 1010. The number of hydrogen-bond donors (Lipinski definition) is 2. The summed E-state index contributed by atoms with van der Waals surface area (Å²) in [6, 6.07) is 9.49. The molecule has 0 aliphatic carbocycles. The van der Waals surface area contributed by atoms with E-state index in [9.17, 15) is 4.79 Å². The largest absolute Gasteiger partial charge is 0.450 e. The Kier molecular flexibility index (Phi) is 8.23. The molecular weight excluding hydrogens is 455 g/mol. The van der Waals surface area contributed by atoms with E-state index in [1.807, 2.05) is 24.3 Å². The van der Waals surface area contributed by atoms with Crippen LogP contribution in [0.4, 0.5) is 4.79 Å². The smallest absolute Gasteiger partial charge is 0.404 e. The molecule has 0 spiro atoms. The van der Waals surface area contributed by atoms with Gasteiger partial charge in [-0.2, -0.15) is 0 Å². The summed E-state index contributed by atoms with van der Waals surface area (Å²) in [5, 5.41) is 2.01. The molecule has 0 aliphatic rings. The van der Waals surface area contributed by atoms with E-state index in [-0.39, 0.29) is 12.5 Å². The highest BCUT2D eigenvalue weighted by atomic mass is 35.5. The third-order valence-corrected chi connectivity index (χ3v) is 6.05. The molecule has 0 fully saturated rings. The van der Waals surface area contributed by atoms with Gasteiger partial charge < -0.3 is 15.5 Å². The van der Waals surface area contributed by atoms with Crippen molar-refractivity contribution >= 4 is 41.1 Å². The Hall–Kier alpha value is -2.22. The first-order valence-electron chi connectivity index (χ1n) is 9.88. The molecule has 9 heteroatoms. The van der Waals surface area contributed by atoms with Gasteiger partial charge >= 0.3 is 6.09 Å². The number of benzene rings is 1. The predicted octanol–water partition coefficient (Wildman–Crippen LogP) is 6.08. The van der Waals surface area contributed by atoms with Gasteiger partial charge in [-0.05, 0) is 48.2 Å². The number of carbonyl (C=O) groups excluding carboxylic acids is 1. The minimum Gasteiger partial charge on any atom is -0.450 e. The van der Waals surface area contributed by atoms with Crippen LogP contribution in [0.1, 0.15) is 43.3 Å². The second-order valence-corrected chi connectivity index (χ2v) is 9.32. The summed E-state index contributed by atoms with van der Waals surface area (Å²) < 4.78 is 4.83. The number of halogens is 2. The average molecular weight is 479 g/mol. The van der Waals surface area contributed by atoms with Crippen LogP contribution in [0.5, 0.6) is 0 Å². The van der Waals surface area contributed by atoms with Gasteiger partial charge in [0.15, 0.2) is 0 Å². The molecule has 0 saturated heterocycles. The fourth-order valence-electron chi connectivity index (χ4n) is 3.39. The van der Waals surface area contributed by atoms with Gasteiger partial charge in [0.1, 0.15) is 10.9 Å². The van der Waals surface area contributed by atoms with Crippen molar-refractivity contribution < 1.29 is 9.53 Å². The SMILES string of the molecule is CC(C)C(c1ccncc1)c1[nH]c(CCCOC(N)=O)nc1Sc1cc(Cl)cc(Cl)c1. The number of amides is 1. The molecule has 2 aromatic heterocycles. The normalized spacial score (nSPS) is 12.2. The van der Waals surface area contributed by atoms with Crippen LogP contribution in [0.15, 0.2) is 52.6 Å². The van der Waals surface area contributed by atoms with Gasteiger partial charge in [0.05, 0.1) is 12.3 Å². The molecule has 3 rings (SSSR count). The second-order valence-electron chi connectivity index (χ2n) is 7.38. The van der Waals surface area contributed by atoms with Crippen molar-refractivity contribution in [2.75, 3.05) is 6.61 Å². The fourth-order valence-corrected chi connectivity index (χ4v) is 5.09. The number of aryl methyl sites for hydroxylation is 1. The first-order chi connectivity index (χ1) is 14.8. The Balaban J connectivity index is 1.95. The van der Waals surface area contributed by atoms with E-state index in [2.05, 4.69) is 23.8 Å². The van der Waals surface area contributed by atoms with Crippen LogP contribution in [-0.4, -0.2) is 27.7 Å². The van der Waals surface area contributed by atoms with Crippen LogP contribution in [0, 0.1) is 5.92 Å². The maximum absolute atomic E-state index is 10.8. The third kappa shape index (κ3) is 6.63. The fraction of sp³-hybridized carbons (Fsp3) is 0.318. The summed E-state index contributed by atoms with van der Waals surface area (Å²) in [5.74, 6) is 1.23. The lowest BCUT2D eigenvalue weighted by Gasteiger charge is -2.21. The van der Waals surface area contributed by atoms with E-state index in [0.717, 1.165) is 27.0 Å². The summed E-state index contributed by atoms with van der Waals surface area (Å²) >= 11 is 13.9. The zero-order valence-corrected chi connectivity index (χ0v) is 19.6. The molecule has 164 valence electrons. The maximum Gasteiger partial charge on any atom is 0.404 e. The number of carbonyl (C=O) groups is 1. The number of hydrogen-bond acceptors (Lipinski definition) is 5. The summed E-state index contributed by atoms with van der Waals surface area (Å²) in [4.78, 5) is 24.2. The first-order valence-corrected chi connectivity index (χ1v) is 11.5. The van der Waals surface area contributed by atoms with Gasteiger partial charge in [-0.25, -0.2) is 9.78 Å². The average Bonchev–Trinajstić information content (AvgIpc) is 3.07. The van der Waals surface area contributed by atoms with Gasteiger partial charge in [-0.1, -0.05) is 48.8 Å². The van der Waals surface area contributed by atoms with E-state index >= 15 is 0 Å². The van der Waals surface area contributed by atoms with Crippen LogP contribution in [0.2, 0.25) is 10.0 Å². The molecule has 2 heterocycles. The summed E-state index contributed by atoms with van der Waals surface area (Å²) in [5.41, 5.74) is 7.21. The number of pyridine rings is 1. The summed E-state index contributed by atoms with van der Waals surface area (Å²) in [7, 11) is 0. The maximum atomic E-state index is 10.8. The minimum absolute atomic E-state index is 0.100. The standard InChI is InChI=1S/C22H24Cl2N4O2S/c1-13(2)19(14-5-7-26-8-6-14)20-21(31-17-11-15(23)10-16(24)12-17)28-18(27-20)4-3-9-30-22(25)29/h5-8,10-13,19H,3-4,9H2,1-2H3,(H2,25,29)(H,27,28). The van der Waals surface area contributed by atoms with Crippen molar-refractivity contribution in [2.45, 2.75) is 42.5 Å². The molecule has 1 aromatic carbocycles. The molecule has 0 bridgehead atoms. The summed E-state index contributed by atoms with van der Waals surface area (Å²) in [6.45, 7) is 4.60. The number of imidazole rings is 1. The number of ether oxygens (including phenoxy) is 1. The minimum atomic E-state index is -0.772. The topological polar surface area (TPSA) is 93.9 Å². The number of nitrogens with zero attached hydrogens (tertiary/aromatic N) is 2. The van der Waals surface area contributed by atoms with E-state index < -0.39 is 6.09 Å². The van der Waals surface area contributed by atoms with Gasteiger partial charge in [-0.3, -0.25) is 4.98 Å². The quantitative estimate of drug-likeness (QED) is 0.363. The highest BCUT2D eigenvalue weighted by Crippen LogP contribution is 2.40. The van der Waals surface area contributed by atoms with Crippen molar-refractivity contribution in [3.8, 4) is 0 Å². The molecule has 0 saturated carbocycles. The molecule has 3 N–H and O–H groups in total. The van der Waals surface area contributed by atoms with Crippen molar-refractivity contribution in [3.63, 3.8) is 0 Å². The van der Waals surface area contributed by atoms with E-state index in [4.69, 9.17) is 38.7 Å². The molecule has 0 aliphatic heterocycles. The predicted molar refractivity (Wildman–Crippen MR) is 124 cm³/mol. The number of nitrogens with two attached hydrogens (primary N) is 1. The number of primary amides is 1. The lowest BCUT2D eigenvalue weighted by atomic mass is 9.86. The van der Waals surface area contributed by atoms with E-state index in [1.54, 1.807) is 18.5 Å². The zero-order chi connectivity index (χ0) is 22.4. The van der Waals surface area contributed by atoms with Gasteiger partial charge in [0.25, 0.3) is 0 Å². The molecule has 3 aromatic rings. The highest BCUT2D eigenvalue weighted by Gasteiger charge is 2.25. The van der Waals surface area contributed by atoms with Crippen molar-refractivity contribution in [2.24, 2.45) is 11.7 Å². The zero-order valence-electron chi connectivity index (χ0n) is 17.3. The molecule has 6 nitrogen and oxygen atoms in total. The molecule has 31 heavy (non-hydrogen) atoms. The number of nitrogens with one attached hydrogen (secondary N) is 1. The Morgan fingerprint density at radius 1 is 1.19 bits per heavy atom. The first kappa shape index (κ1) is 23.4.